The third-order valence-corrected chi connectivity index (χ3v) is 6.55. The predicted octanol–water partition coefficient (Wildman–Crippen LogP) is 4.04. The molecular weight excluding hydrogens is 517 g/mol. The Morgan fingerprint density at radius 3 is 2.41 bits per heavy atom. The quantitative estimate of drug-likeness (QED) is 0.285. The van der Waals surface area contributed by atoms with E-state index < -0.39 is 0 Å². The first-order valence-electron chi connectivity index (χ1n) is 11.9. The van der Waals surface area contributed by atoms with Crippen molar-refractivity contribution < 1.29 is 9.47 Å². The van der Waals surface area contributed by atoms with E-state index in [1.807, 2.05) is 25.1 Å². The van der Waals surface area contributed by atoms with E-state index in [9.17, 15) is 0 Å². The Kier molecular flexibility index (Phi) is 11.3. The van der Waals surface area contributed by atoms with Crippen molar-refractivity contribution in [2.45, 2.75) is 51.5 Å². The van der Waals surface area contributed by atoms with Gasteiger partial charge in [-0.1, -0.05) is 6.42 Å². The van der Waals surface area contributed by atoms with Gasteiger partial charge in [-0.05, 0) is 84.9 Å². The van der Waals surface area contributed by atoms with E-state index in [1.54, 1.807) is 7.11 Å². The lowest BCUT2D eigenvalue weighted by atomic mass is 9.84. The molecule has 2 N–H and O–H groups in total. The zero-order chi connectivity index (χ0) is 22.1. The molecule has 0 spiro atoms. The fourth-order valence-electron chi connectivity index (χ4n) is 4.67. The van der Waals surface area contributed by atoms with Crippen molar-refractivity contribution in [1.29, 1.82) is 0 Å². The summed E-state index contributed by atoms with van der Waals surface area (Å²) in [5, 5.41) is 6.89. The molecule has 0 unspecified atom stereocenters. The van der Waals surface area contributed by atoms with E-state index in [-0.39, 0.29) is 29.5 Å². The molecular formula is C24H42IN5O2. The van der Waals surface area contributed by atoms with Crippen molar-refractivity contribution in [2.24, 2.45) is 4.99 Å². The number of halogens is 1. The van der Waals surface area contributed by atoms with Crippen molar-refractivity contribution in [3.8, 4) is 11.5 Å². The highest BCUT2D eigenvalue weighted by molar-refractivity contribution is 14.0. The fourth-order valence-corrected chi connectivity index (χ4v) is 4.67. The molecule has 2 heterocycles. The molecule has 2 aliphatic heterocycles. The number of methoxy groups -OCH3 is 1. The summed E-state index contributed by atoms with van der Waals surface area (Å²) in [6.45, 7) is 11.0. The van der Waals surface area contributed by atoms with Crippen LogP contribution in [0.2, 0.25) is 0 Å². The Hall–Kier alpha value is -1.26. The molecule has 0 radical (unpaired) electrons. The summed E-state index contributed by atoms with van der Waals surface area (Å²) in [6.07, 6.45) is 6.35. The summed E-state index contributed by atoms with van der Waals surface area (Å²) in [5.74, 6) is 2.31. The Labute approximate surface area is 211 Å². The Morgan fingerprint density at radius 2 is 1.78 bits per heavy atom. The van der Waals surface area contributed by atoms with Gasteiger partial charge in [0.2, 0.25) is 0 Å². The number of rotatable bonds is 8. The van der Waals surface area contributed by atoms with Gasteiger partial charge in [0.25, 0.3) is 0 Å². The van der Waals surface area contributed by atoms with Gasteiger partial charge in [0.1, 0.15) is 0 Å². The number of ether oxygens (including phenoxy) is 2. The molecule has 1 aromatic rings. The van der Waals surface area contributed by atoms with Gasteiger partial charge in [0.15, 0.2) is 17.5 Å². The molecule has 0 aromatic heterocycles. The number of nitrogens with one attached hydrogen (secondary N) is 2. The van der Waals surface area contributed by atoms with E-state index in [1.165, 1.54) is 45.2 Å². The van der Waals surface area contributed by atoms with Gasteiger partial charge in [-0.3, -0.25) is 9.89 Å². The van der Waals surface area contributed by atoms with Crippen LogP contribution in [0.5, 0.6) is 11.5 Å². The minimum atomic E-state index is 0. The zero-order valence-corrected chi connectivity index (χ0v) is 22.6. The molecule has 8 heteroatoms. The molecule has 2 saturated heterocycles. The average Bonchev–Trinajstić information content (AvgIpc) is 2.80. The molecule has 2 fully saturated rings. The smallest absolute Gasteiger partial charge is 0.195 e. The van der Waals surface area contributed by atoms with Gasteiger partial charge >= 0.3 is 0 Å². The zero-order valence-electron chi connectivity index (χ0n) is 20.3. The largest absolute Gasteiger partial charge is 0.493 e. The topological polar surface area (TPSA) is 61.4 Å². The number of hydrogen-bond donors (Lipinski definition) is 2. The van der Waals surface area contributed by atoms with Gasteiger partial charge in [0, 0.05) is 23.8 Å². The maximum Gasteiger partial charge on any atom is 0.195 e. The van der Waals surface area contributed by atoms with Crippen LogP contribution in [0.3, 0.4) is 0 Å². The number of likely N-dealkylation sites (tertiary alicyclic amines) is 2. The highest BCUT2D eigenvalue weighted by Crippen LogP contribution is 2.32. The van der Waals surface area contributed by atoms with Gasteiger partial charge in [-0.15, -0.1) is 24.0 Å². The number of nitrogens with zero attached hydrogens (tertiary/aromatic N) is 3. The summed E-state index contributed by atoms with van der Waals surface area (Å²) in [7, 11) is 3.90. The molecule has 1 aromatic carbocycles. The summed E-state index contributed by atoms with van der Waals surface area (Å²) in [6, 6.07) is 5.92. The average molecular weight is 560 g/mol. The van der Waals surface area contributed by atoms with E-state index in [0.717, 1.165) is 49.3 Å². The predicted molar refractivity (Wildman–Crippen MR) is 144 cm³/mol. The number of hydrogen-bond acceptors (Lipinski definition) is 5. The van der Waals surface area contributed by atoms with Crippen LogP contribution in [0.15, 0.2) is 23.2 Å². The van der Waals surface area contributed by atoms with Gasteiger partial charge in [-0.25, -0.2) is 0 Å². The number of guanidine groups is 1. The van der Waals surface area contributed by atoms with Crippen LogP contribution in [0, 0.1) is 0 Å². The molecule has 2 aliphatic rings. The van der Waals surface area contributed by atoms with Crippen LogP contribution in [0.1, 0.15) is 46.0 Å². The highest BCUT2D eigenvalue weighted by Gasteiger charge is 2.39. The molecule has 182 valence electrons. The minimum absolute atomic E-state index is 0. The van der Waals surface area contributed by atoms with E-state index in [2.05, 4.69) is 34.4 Å². The van der Waals surface area contributed by atoms with Crippen molar-refractivity contribution in [3.05, 3.63) is 18.2 Å². The Bertz CT molecular complexity index is 716. The first-order chi connectivity index (χ1) is 15.1. The SMILES string of the molecule is CCNC(=NCC1(N2CCCCC2)CCN(C)CC1)Nc1ccc(OC)c(OCC)c1.I. The second-order valence-corrected chi connectivity index (χ2v) is 8.69. The van der Waals surface area contributed by atoms with Gasteiger partial charge in [0.05, 0.1) is 20.3 Å². The van der Waals surface area contributed by atoms with Gasteiger partial charge in [-0.2, -0.15) is 0 Å². The van der Waals surface area contributed by atoms with Crippen molar-refractivity contribution in [1.82, 2.24) is 15.1 Å². The molecule has 0 aliphatic carbocycles. The molecule has 0 bridgehead atoms. The molecule has 0 amide bonds. The van der Waals surface area contributed by atoms with E-state index in [0.29, 0.717) is 6.61 Å². The summed E-state index contributed by atoms with van der Waals surface area (Å²) >= 11 is 0. The summed E-state index contributed by atoms with van der Waals surface area (Å²) < 4.78 is 11.1. The third-order valence-electron chi connectivity index (χ3n) is 6.55. The standard InChI is InChI=1S/C24H41N5O2.HI/c1-5-25-23(27-20-10-11-21(30-4)22(18-20)31-6-2)26-19-24(12-16-28(3)17-13-24)29-14-8-7-9-15-29;/h10-11,18H,5-9,12-17,19H2,1-4H3,(H2,25,26,27);1H. The number of aliphatic imine (C=N–C) groups is 1. The normalized spacial score (nSPS) is 19.7. The van der Waals surface area contributed by atoms with Crippen LogP contribution < -0.4 is 20.1 Å². The Balaban J connectivity index is 0.00000363. The summed E-state index contributed by atoms with van der Waals surface area (Å²) in [5.41, 5.74) is 1.12. The minimum Gasteiger partial charge on any atom is -0.493 e. The number of anilines is 1. The Morgan fingerprint density at radius 1 is 1.06 bits per heavy atom. The van der Waals surface area contributed by atoms with Crippen LogP contribution in [-0.4, -0.2) is 81.3 Å². The van der Waals surface area contributed by atoms with Crippen molar-refractivity contribution in [2.75, 3.05) is 65.3 Å². The van der Waals surface area contributed by atoms with E-state index >= 15 is 0 Å². The van der Waals surface area contributed by atoms with Gasteiger partial charge < -0.3 is 25.0 Å². The monoisotopic (exact) mass is 559 g/mol. The van der Waals surface area contributed by atoms with Crippen LogP contribution >= 0.6 is 24.0 Å². The van der Waals surface area contributed by atoms with Crippen LogP contribution in [0.4, 0.5) is 5.69 Å². The first-order valence-corrected chi connectivity index (χ1v) is 11.9. The lowest BCUT2D eigenvalue weighted by Gasteiger charge is -2.49. The third kappa shape index (κ3) is 7.12. The maximum absolute atomic E-state index is 5.73. The molecule has 7 nitrogen and oxygen atoms in total. The molecule has 32 heavy (non-hydrogen) atoms. The van der Waals surface area contributed by atoms with E-state index in [4.69, 9.17) is 14.5 Å². The first kappa shape index (κ1) is 27.0. The lowest BCUT2D eigenvalue weighted by molar-refractivity contribution is 0.0208. The van der Waals surface area contributed by atoms with Crippen LogP contribution in [-0.2, 0) is 0 Å². The molecule has 0 atom stereocenters. The second-order valence-electron chi connectivity index (χ2n) is 8.69. The van der Waals surface area contributed by atoms with Crippen molar-refractivity contribution >= 4 is 35.6 Å². The molecule has 0 saturated carbocycles. The van der Waals surface area contributed by atoms with Crippen LogP contribution in [0.25, 0.3) is 0 Å². The lowest BCUT2D eigenvalue weighted by Crippen LogP contribution is -2.58. The number of piperidine rings is 2. The fraction of sp³-hybridized carbons (Fsp3) is 0.708. The second kappa shape index (κ2) is 13.4. The van der Waals surface area contributed by atoms with Crippen molar-refractivity contribution in [3.63, 3.8) is 0 Å². The number of benzene rings is 1. The highest BCUT2D eigenvalue weighted by atomic mass is 127. The summed E-state index contributed by atoms with van der Waals surface area (Å²) in [4.78, 5) is 10.3. The molecule has 3 rings (SSSR count). The maximum atomic E-state index is 5.73.